The summed E-state index contributed by atoms with van der Waals surface area (Å²) in [4.78, 5) is 11.0. The number of nitrogens with zero attached hydrogens (tertiary/aromatic N) is 3. The summed E-state index contributed by atoms with van der Waals surface area (Å²) >= 11 is 0. The Kier molecular flexibility index (Phi) is 5.48. The molecule has 128 valence electrons. The van der Waals surface area contributed by atoms with Crippen LogP contribution in [-0.4, -0.2) is 43.3 Å². The van der Waals surface area contributed by atoms with Crippen LogP contribution in [0.5, 0.6) is 5.75 Å². The van der Waals surface area contributed by atoms with Crippen molar-refractivity contribution in [3.05, 3.63) is 42.2 Å². The van der Waals surface area contributed by atoms with E-state index in [1.807, 2.05) is 25.2 Å². The van der Waals surface area contributed by atoms with E-state index in [2.05, 4.69) is 37.6 Å². The standard InChI is InChI=1S/C18H25N5O/c1-19-17-10-18(22-13-21-17)23-9-3-4-15(23)12-20-11-14-5-7-16(24-2)8-6-14/h5-8,10,13,15,20H,3-4,9,11-12H2,1-2H3,(H,19,21,22). The molecule has 1 atom stereocenters. The Bertz CT molecular complexity index is 646. The number of methoxy groups -OCH3 is 1. The molecule has 6 heteroatoms. The van der Waals surface area contributed by atoms with E-state index in [0.29, 0.717) is 6.04 Å². The zero-order valence-electron chi connectivity index (χ0n) is 14.3. The fourth-order valence-corrected chi connectivity index (χ4v) is 3.12. The molecule has 1 aliphatic heterocycles. The average molecular weight is 327 g/mol. The lowest BCUT2D eigenvalue weighted by atomic mass is 10.2. The molecule has 2 aromatic rings. The molecular formula is C18H25N5O. The van der Waals surface area contributed by atoms with Crippen molar-refractivity contribution < 1.29 is 4.74 Å². The summed E-state index contributed by atoms with van der Waals surface area (Å²) in [5, 5.41) is 6.64. The van der Waals surface area contributed by atoms with Crippen LogP contribution in [0.2, 0.25) is 0 Å². The van der Waals surface area contributed by atoms with Crippen LogP contribution in [0, 0.1) is 0 Å². The number of aromatic nitrogens is 2. The Morgan fingerprint density at radius 3 is 2.83 bits per heavy atom. The summed E-state index contributed by atoms with van der Waals surface area (Å²) in [6.45, 7) is 2.86. The lowest BCUT2D eigenvalue weighted by molar-refractivity contribution is 0.414. The fraction of sp³-hybridized carbons (Fsp3) is 0.444. The molecule has 0 aliphatic carbocycles. The third-order valence-electron chi connectivity index (χ3n) is 4.45. The maximum Gasteiger partial charge on any atom is 0.134 e. The van der Waals surface area contributed by atoms with Crippen LogP contribution in [0.1, 0.15) is 18.4 Å². The van der Waals surface area contributed by atoms with Gasteiger partial charge in [0.15, 0.2) is 0 Å². The number of anilines is 2. The van der Waals surface area contributed by atoms with Crippen molar-refractivity contribution in [3.8, 4) is 5.75 Å². The maximum atomic E-state index is 5.19. The molecule has 0 spiro atoms. The number of nitrogens with one attached hydrogen (secondary N) is 2. The molecule has 1 aromatic carbocycles. The Morgan fingerprint density at radius 1 is 1.25 bits per heavy atom. The van der Waals surface area contributed by atoms with Crippen molar-refractivity contribution in [1.29, 1.82) is 0 Å². The first-order valence-electron chi connectivity index (χ1n) is 8.40. The van der Waals surface area contributed by atoms with Crippen molar-refractivity contribution in [2.45, 2.75) is 25.4 Å². The molecule has 2 N–H and O–H groups in total. The van der Waals surface area contributed by atoms with Crippen molar-refractivity contribution in [2.24, 2.45) is 0 Å². The molecule has 6 nitrogen and oxygen atoms in total. The van der Waals surface area contributed by atoms with Crippen LogP contribution in [0.15, 0.2) is 36.7 Å². The largest absolute Gasteiger partial charge is 0.497 e. The van der Waals surface area contributed by atoms with Crippen molar-refractivity contribution >= 4 is 11.6 Å². The van der Waals surface area contributed by atoms with Gasteiger partial charge in [0.25, 0.3) is 0 Å². The number of ether oxygens (including phenoxy) is 1. The summed E-state index contributed by atoms with van der Waals surface area (Å²) in [5.41, 5.74) is 1.26. The second kappa shape index (κ2) is 7.97. The Labute approximate surface area is 143 Å². The van der Waals surface area contributed by atoms with Crippen LogP contribution in [0.3, 0.4) is 0 Å². The molecule has 0 saturated carbocycles. The van der Waals surface area contributed by atoms with Crippen molar-refractivity contribution in [2.75, 3.05) is 37.5 Å². The van der Waals surface area contributed by atoms with Gasteiger partial charge in [0.1, 0.15) is 23.7 Å². The predicted molar refractivity (Wildman–Crippen MR) is 96.6 cm³/mol. The van der Waals surface area contributed by atoms with E-state index in [4.69, 9.17) is 4.74 Å². The first kappa shape index (κ1) is 16.5. The summed E-state index contributed by atoms with van der Waals surface area (Å²) in [6, 6.07) is 10.7. The van der Waals surface area contributed by atoms with Crippen molar-refractivity contribution in [3.63, 3.8) is 0 Å². The number of hydrogen-bond acceptors (Lipinski definition) is 6. The van der Waals surface area contributed by atoms with Crippen LogP contribution in [-0.2, 0) is 6.54 Å². The van der Waals surface area contributed by atoms with Gasteiger partial charge in [0, 0.05) is 38.8 Å². The third kappa shape index (κ3) is 3.94. The first-order valence-corrected chi connectivity index (χ1v) is 8.40. The van der Waals surface area contributed by atoms with E-state index in [0.717, 1.165) is 37.0 Å². The van der Waals surface area contributed by atoms with Gasteiger partial charge >= 0.3 is 0 Å². The fourth-order valence-electron chi connectivity index (χ4n) is 3.12. The maximum absolute atomic E-state index is 5.19. The van der Waals surface area contributed by atoms with Gasteiger partial charge in [-0.25, -0.2) is 9.97 Å². The van der Waals surface area contributed by atoms with E-state index >= 15 is 0 Å². The molecule has 1 saturated heterocycles. The van der Waals surface area contributed by atoms with Gasteiger partial charge in [0.05, 0.1) is 7.11 Å². The van der Waals surface area contributed by atoms with E-state index in [1.165, 1.54) is 18.4 Å². The van der Waals surface area contributed by atoms with E-state index in [1.54, 1.807) is 13.4 Å². The summed E-state index contributed by atoms with van der Waals surface area (Å²) < 4.78 is 5.19. The Morgan fingerprint density at radius 2 is 2.08 bits per heavy atom. The lowest BCUT2D eigenvalue weighted by Crippen LogP contribution is -2.38. The quantitative estimate of drug-likeness (QED) is 0.813. The molecule has 0 radical (unpaired) electrons. The van der Waals surface area contributed by atoms with E-state index in [-0.39, 0.29) is 0 Å². The second-order valence-corrected chi connectivity index (χ2v) is 5.98. The smallest absolute Gasteiger partial charge is 0.134 e. The van der Waals surface area contributed by atoms with Crippen LogP contribution in [0.4, 0.5) is 11.6 Å². The van der Waals surface area contributed by atoms with E-state index in [9.17, 15) is 0 Å². The molecule has 24 heavy (non-hydrogen) atoms. The Hall–Kier alpha value is -2.34. The zero-order chi connectivity index (χ0) is 16.8. The highest BCUT2D eigenvalue weighted by atomic mass is 16.5. The monoisotopic (exact) mass is 327 g/mol. The molecule has 1 unspecified atom stereocenters. The molecule has 3 rings (SSSR count). The third-order valence-corrected chi connectivity index (χ3v) is 4.45. The number of hydrogen-bond donors (Lipinski definition) is 2. The summed E-state index contributed by atoms with van der Waals surface area (Å²) in [5.74, 6) is 2.75. The molecule has 0 amide bonds. The van der Waals surface area contributed by atoms with Gasteiger partial charge in [-0.05, 0) is 30.5 Å². The van der Waals surface area contributed by atoms with E-state index < -0.39 is 0 Å². The first-order chi connectivity index (χ1) is 11.8. The Balaban J connectivity index is 1.55. The molecule has 1 aromatic heterocycles. The van der Waals surface area contributed by atoms with Gasteiger partial charge in [-0.15, -0.1) is 0 Å². The summed E-state index contributed by atoms with van der Waals surface area (Å²) in [7, 11) is 3.57. The number of rotatable bonds is 7. The van der Waals surface area contributed by atoms with Crippen LogP contribution in [0.25, 0.3) is 0 Å². The van der Waals surface area contributed by atoms with Gasteiger partial charge in [-0.3, -0.25) is 0 Å². The van der Waals surface area contributed by atoms with Gasteiger partial charge in [0.2, 0.25) is 0 Å². The highest BCUT2D eigenvalue weighted by Gasteiger charge is 2.25. The van der Waals surface area contributed by atoms with Crippen molar-refractivity contribution in [1.82, 2.24) is 15.3 Å². The summed E-state index contributed by atoms with van der Waals surface area (Å²) in [6.07, 6.45) is 4.02. The minimum Gasteiger partial charge on any atom is -0.497 e. The lowest BCUT2D eigenvalue weighted by Gasteiger charge is -2.26. The topological polar surface area (TPSA) is 62.3 Å². The molecule has 1 aliphatic rings. The highest BCUT2D eigenvalue weighted by molar-refractivity contribution is 5.49. The molecule has 0 bridgehead atoms. The van der Waals surface area contributed by atoms with Gasteiger partial charge in [-0.2, -0.15) is 0 Å². The normalized spacial score (nSPS) is 17.1. The molecule has 2 heterocycles. The minimum absolute atomic E-state index is 0.475. The SMILES string of the molecule is CNc1cc(N2CCCC2CNCc2ccc(OC)cc2)ncn1. The zero-order valence-corrected chi connectivity index (χ0v) is 14.3. The molecular weight excluding hydrogens is 302 g/mol. The second-order valence-electron chi connectivity index (χ2n) is 5.98. The predicted octanol–water partition coefficient (Wildman–Crippen LogP) is 2.29. The van der Waals surface area contributed by atoms with Crippen LogP contribution >= 0.6 is 0 Å². The van der Waals surface area contributed by atoms with Gasteiger partial charge in [-0.1, -0.05) is 12.1 Å². The van der Waals surface area contributed by atoms with Gasteiger partial charge < -0.3 is 20.3 Å². The number of benzene rings is 1. The van der Waals surface area contributed by atoms with Crippen LogP contribution < -0.4 is 20.3 Å². The minimum atomic E-state index is 0.475. The average Bonchev–Trinajstić information content (AvgIpc) is 3.11. The highest BCUT2D eigenvalue weighted by Crippen LogP contribution is 2.24. The molecule has 1 fully saturated rings.